The van der Waals surface area contributed by atoms with Crippen molar-refractivity contribution in [1.82, 2.24) is 14.5 Å². The lowest BCUT2D eigenvalue weighted by Gasteiger charge is -2.37. The van der Waals surface area contributed by atoms with Crippen LogP contribution >= 0.6 is 0 Å². The molecule has 0 aromatic carbocycles. The van der Waals surface area contributed by atoms with E-state index in [1.54, 1.807) is 6.20 Å². The zero-order valence-corrected chi connectivity index (χ0v) is 14.9. The molecule has 1 amide bonds. The standard InChI is InChI=1S/C20H25N3O3/c24-20(16-6-10-25-11-7-16)22-12-18-5-3-9-23(18)19(13-22)15-26-14-17-4-1-2-8-21-17/h1-5,8-9,16,19H,6-7,10-15H2. The third kappa shape index (κ3) is 3.81. The molecule has 0 aliphatic carbocycles. The quantitative estimate of drug-likeness (QED) is 0.826. The third-order valence-electron chi connectivity index (χ3n) is 5.21. The van der Waals surface area contributed by atoms with Crippen molar-refractivity contribution in [3.05, 3.63) is 54.1 Å². The van der Waals surface area contributed by atoms with Crippen LogP contribution in [0.1, 0.15) is 30.3 Å². The van der Waals surface area contributed by atoms with E-state index in [4.69, 9.17) is 9.47 Å². The van der Waals surface area contributed by atoms with Crippen LogP contribution < -0.4 is 0 Å². The number of amides is 1. The van der Waals surface area contributed by atoms with Gasteiger partial charge in [-0.1, -0.05) is 6.07 Å². The van der Waals surface area contributed by atoms with E-state index in [9.17, 15) is 4.79 Å². The van der Waals surface area contributed by atoms with Gasteiger partial charge in [0.25, 0.3) is 0 Å². The molecule has 4 rings (SSSR count). The second-order valence-corrected chi connectivity index (χ2v) is 7.00. The second kappa shape index (κ2) is 8.01. The number of fused-ring (bicyclic) bond motifs is 1. The summed E-state index contributed by atoms with van der Waals surface area (Å²) >= 11 is 0. The molecule has 26 heavy (non-hydrogen) atoms. The number of hydrogen-bond donors (Lipinski definition) is 0. The minimum absolute atomic E-state index is 0.0975. The van der Waals surface area contributed by atoms with Crippen molar-refractivity contribution in [3.63, 3.8) is 0 Å². The van der Waals surface area contributed by atoms with Crippen LogP contribution in [0.5, 0.6) is 0 Å². The summed E-state index contributed by atoms with van der Waals surface area (Å²) in [6, 6.07) is 10.1. The summed E-state index contributed by atoms with van der Waals surface area (Å²) in [7, 11) is 0. The summed E-state index contributed by atoms with van der Waals surface area (Å²) in [6.07, 6.45) is 5.52. The van der Waals surface area contributed by atoms with E-state index in [0.717, 1.165) is 18.5 Å². The lowest BCUT2D eigenvalue weighted by atomic mass is 9.98. The minimum atomic E-state index is 0.0975. The molecule has 1 unspecified atom stereocenters. The Morgan fingerprint density at radius 2 is 2.12 bits per heavy atom. The predicted octanol–water partition coefficient (Wildman–Crippen LogP) is 2.41. The van der Waals surface area contributed by atoms with E-state index in [-0.39, 0.29) is 17.9 Å². The number of carbonyl (C=O) groups excluding carboxylic acids is 1. The summed E-state index contributed by atoms with van der Waals surface area (Å²) in [6.45, 7) is 3.81. The Balaban J connectivity index is 1.40. The summed E-state index contributed by atoms with van der Waals surface area (Å²) < 4.78 is 13.6. The monoisotopic (exact) mass is 355 g/mol. The molecule has 2 aromatic rings. The molecule has 0 N–H and O–H groups in total. The van der Waals surface area contributed by atoms with Gasteiger partial charge in [0.1, 0.15) is 0 Å². The molecule has 6 heteroatoms. The number of carbonyl (C=O) groups is 1. The minimum Gasteiger partial charge on any atom is -0.381 e. The maximum absolute atomic E-state index is 12.9. The van der Waals surface area contributed by atoms with Crippen molar-refractivity contribution < 1.29 is 14.3 Å². The fourth-order valence-electron chi connectivity index (χ4n) is 3.81. The molecule has 1 atom stereocenters. The van der Waals surface area contributed by atoms with Crippen molar-refractivity contribution in [2.75, 3.05) is 26.4 Å². The van der Waals surface area contributed by atoms with Crippen molar-refractivity contribution >= 4 is 5.91 Å². The van der Waals surface area contributed by atoms with Gasteiger partial charge in [0, 0.05) is 43.8 Å². The normalized spacial score (nSPS) is 20.8. The maximum atomic E-state index is 12.9. The molecular weight excluding hydrogens is 330 g/mol. The summed E-state index contributed by atoms with van der Waals surface area (Å²) in [5, 5.41) is 0. The molecule has 1 saturated heterocycles. The Kier molecular flexibility index (Phi) is 5.32. The van der Waals surface area contributed by atoms with E-state index < -0.39 is 0 Å². The lowest BCUT2D eigenvalue weighted by Crippen LogP contribution is -2.45. The molecule has 0 bridgehead atoms. The average molecular weight is 355 g/mol. The first-order chi connectivity index (χ1) is 12.8. The zero-order chi connectivity index (χ0) is 17.8. The van der Waals surface area contributed by atoms with Crippen LogP contribution in [0.25, 0.3) is 0 Å². The highest BCUT2D eigenvalue weighted by atomic mass is 16.5. The van der Waals surface area contributed by atoms with E-state index >= 15 is 0 Å². The Morgan fingerprint density at radius 1 is 1.23 bits per heavy atom. The van der Waals surface area contributed by atoms with Crippen molar-refractivity contribution in [3.8, 4) is 0 Å². The van der Waals surface area contributed by atoms with Crippen LogP contribution in [0.4, 0.5) is 0 Å². The number of pyridine rings is 1. The number of rotatable bonds is 5. The second-order valence-electron chi connectivity index (χ2n) is 7.00. The first-order valence-corrected chi connectivity index (χ1v) is 9.31. The third-order valence-corrected chi connectivity index (χ3v) is 5.21. The van der Waals surface area contributed by atoms with Gasteiger partial charge in [0.2, 0.25) is 5.91 Å². The first kappa shape index (κ1) is 17.2. The molecule has 1 fully saturated rings. The number of aromatic nitrogens is 2. The first-order valence-electron chi connectivity index (χ1n) is 9.31. The zero-order valence-electron chi connectivity index (χ0n) is 14.9. The number of nitrogens with zero attached hydrogens (tertiary/aromatic N) is 3. The molecule has 0 saturated carbocycles. The van der Waals surface area contributed by atoms with Gasteiger partial charge in [-0.3, -0.25) is 9.78 Å². The van der Waals surface area contributed by atoms with Gasteiger partial charge in [-0.15, -0.1) is 0 Å². The Morgan fingerprint density at radius 3 is 2.92 bits per heavy atom. The van der Waals surface area contributed by atoms with Gasteiger partial charge < -0.3 is 18.9 Å². The molecule has 2 aliphatic heterocycles. The summed E-state index contributed by atoms with van der Waals surface area (Å²) in [4.78, 5) is 19.2. The van der Waals surface area contributed by atoms with Crippen molar-refractivity contribution in [2.45, 2.75) is 32.0 Å². The number of hydrogen-bond acceptors (Lipinski definition) is 4. The van der Waals surface area contributed by atoms with Crippen LogP contribution in [0.2, 0.25) is 0 Å². The molecule has 2 aromatic heterocycles. The van der Waals surface area contributed by atoms with Crippen molar-refractivity contribution in [1.29, 1.82) is 0 Å². The molecule has 4 heterocycles. The number of ether oxygens (including phenoxy) is 2. The van der Waals surface area contributed by atoms with Crippen LogP contribution in [0.15, 0.2) is 42.7 Å². The van der Waals surface area contributed by atoms with E-state index in [2.05, 4.69) is 21.8 Å². The van der Waals surface area contributed by atoms with Crippen LogP contribution in [-0.2, 0) is 27.4 Å². The Labute approximate surface area is 153 Å². The molecule has 0 spiro atoms. The molecule has 138 valence electrons. The van der Waals surface area contributed by atoms with Gasteiger partial charge in [-0.05, 0) is 37.1 Å². The molecule has 0 radical (unpaired) electrons. The lowest BCUT2D eigenvalue weighted by molar-refractivity contribution is -0.141. The molecular formula is C20H25N3O3. The Bertz CT molecular complexity index is 725. The van der Waals surface area contributed by atoms with Gasteiger partial charge in [-0.25, -0.2) is 0 Å². The fraction of sp³-hybridized carbons (Fsp3) is 0.500. The SMILES string of the molecule is O=C(C1CCOCC1)N1Cc2cccn2C(COCc2ccccn2)C1. The van der Waals surface area contributed by atoms with Crippen LogP contribution in [0, 0.1) is 5.92 Å². The van der Waals surface area contributed by atoms with E-state index in [1.807, 2.05) is 29.2 Å². The summed E-state index contributed by atoms with van der Waals surface area (Å²) in [5.74, 6) is 0.357. The predicted molar refractivity (Wildman–Crippen MR) is 96.3 cm³/mol. The van der Waals surface area contributed by atoms with Crippen LogP contribution in [0.3, 0.4) is 0 Å². The highest BCUT2D eigenvalue weighted by Crippen LogP contribution is 2.26. The molecule has 6 nitrogen and oxygen atoms in total. The van der Waals surface area contributed by atoms with Gasteiger partial charge in [0.15, 0.2) is 0 Å². The highest BCUT2D eigenvalue weighted by molar-refractivity contribution is 5.79. The topological polar surface area (TPSA) is 56.6 Å². The van der Waals surface area contributed by atoms with E-state index in [1.165, 1.54) is 5.69 Å². The van der Waals surface area contributed by atoms with Crippen molar-refractivity contribution in [2.24, 2.45) is 5.92 Å². The summed E-state index contributed by atoms with van der Waals surface area (Å²) in [5.41, 5.74) is 2.09. The largest absolute Gasteiger partial charge is 0.381 e. The van der Waals surface area contributed by atoms with Gasteiger partial charge in [0.05, 0.1) is 31.5 Å². The van der Waals surface area contributed by atoms with Crippen LogP contribution in [-0.4, -0.2) is 46.7 Å². The maximum Gasteiger partial charge on any atom is 0.226 e. The Hall–Kier alpha value is -2.18. The van der Waals surface area contributed by atoms with Gasteiger partial charge in [-0.2, -0.15) is 0 Å². The van der Waals surface area contributed by atoms with Gasteiger partial charge >= 0.3 is 0 Å². The van der Waals surface area contributed by atoms with E-state index in [0.29, 0.717) is 39.5 Å². The smallest absolute Gasteiger partial charge is 0.226 e. The fourth-order valence-corrected chi connectivity index (χ4v) is 3.81. The average Bonchev–Trinajstić information content (AvgIpc) is 3.18. The highest BCUT2D eigenvalue weighted by Gasteiger charge is 2.32. The molecule has 2 aliphatic rings.